The van der Waals surface area contributed by atoms with E-state index in [4.69, 9.17) is 9.47 Å². The molecule has 0 saturated heterocycles. The van der Waals surface area contributed by atoms with Crippen molar-refractivity contribution >= 4 is 40.0 Å². The number of amides is 1. The van der Waals surface area contributed by atoms with Gasteiger partial charge in [-0.1, -0.05) is 45.8 Å². The average molecular weight is 637 g/mol. The van der Waals surface area contributed by atoms with Gasteiger partial charge in [-0.15, -0.1) is 5.73 Å². The summed E-state index contributed by atoms with van der Waals surface area (Å²) in [5, 5.41) is 3.32. The minimum atomic E-state index is -1.46. The first kappa shape index (κ1) is 30.3. The van der Waals surface area contributed by atoms with Crippen LogP contribution >= 0.6 is 15.9 Å². The summed E-state index contributed by atoms with van der Waals surface area (Å²) >= 11 is 3.70. The third-order valence-electron chi connectivity index (χ3n) is 8.19. The van der Waals surface area contributed by atoms with E-state index in [-0.39, 0.29) is 29.8 Å². The van der Waals surface area contributed by atoms with Crippen molar-refractivity contribution in [3.05, 3.63) is 80.0 Å². The second-order valence-corrected chi connectivity index (χ2v) is 13.6. The minimum absolute atomic E-state index is 0.0291. The summed E-state index contributed by atoms with van der Waals surface area (Å²) in [6.07, 6.45) is 5.98. The highest BCUT2D eigenvalue weighted by Crippen LogP contribution is 2.50. The van der Waals surface area contributed by atoms with Crippen molar-refractivity contribution < 1.29 is 23.5 Å². The summed E-state index contributed by atoms with van der Waals surface area (Å²) in [5.74, 6) is 0.461. The number of carbonyl (C=O) groups is 2. The molecule has 0 bridgehead atoms. The molecule has 7 heteroatoms. The fourth-order valence-corrected chi connectivity index (χ4v) is 6.86. The van der Waals surface area contributed by atoms with E-state index in [1.807, 2.05) is 39.0 Å². The fourth-order valence-electron chi connectivity index (χ4n) is 6.23. The smallest absolute Gasteiger partial charge is 0.306 e. The third kappa shape index (κ3) is 6.90. The molecule has 3 aliphatic rings. The van der Waals surface area contributed by atoms with Gasteiger partial charge in [0.15, 0.2) is 0 Å². The number of alkyl halides is 1. The average Bonchev–Trinajstić information content (AvgIpc) is 3.05. The number of fused-ring (bicyclic) bond motifs is 2. The number of hydrogen-bond acceptors (Lipinski definition) is 4. The lowest BCUT2D eigenvalue weighted by Crippen LogP contribution is -2.43. The molecule has 3 aliphatic carbocycles. The van der Waals surface area contributed by atoms with Crippen molar-refractivity contribution in [3.8, 4) is 5.75 Å². The van der Waals surface area contributed by atoms with Crippen molar-refractivity contribution in [3.63, 3.8) is 0 Å². The molecular formula is C35H39BrFNO4. The van der Waals surface area contributed by atoms with Gasteiger partial charge in [-0.2, -0.15) is 0 Å². The number of rotatable bonds is 8. The molecule has 1 amide bonds. The molecule has 2 aromatic carbocycles. The zero-order chi connectivity index (χ0) is 30.2. The van der Waals surface area contributed by atoms with Crippen LogP contribution < -0.4 is 10.1 Å². The first-order valence-corrected chi connectivity index (χ1v) is 15.6. The lowest BCUT2D eigenvalue weighted by Gasteiger charge is -2.35. The van der Waals surface area contributed by atoms with E-state index in [2.05, 4.69) is 58.2 Å². The molecule has 0 aliphatic heterocycles. The molecule has 5 rings (SSSR count). The van der Waals surface area contributed by atoms with Crippen LogP contribution in [0, 0.1) is 18.8 Å². The van der Waals surface area contributed by atoms with Gasteiger partial charge in [0.25, 0.3) is 0 Å². The van der Waals surface area contributed by atoms with Gasteiger partial charge in [-0.3, -0.25) is 9.59 Å². The first-order valence-electron chi connectivity index (χ1n) is 14.8. The summed E-state index contributed by atoms with van der Waals surface area (Å²) in [4.78, 5) is 25.6. The lowest BCUT2D eigenvalue weighted by atomic mass is 9.72. The van der Waals surface area contributed by atoms with Crippen LogP contribution in [0.3, 0.4) is 0 Å². The number of halogens is 2. The van der Waals surface area contributed by atoms with Gasteiger partial charge >= 0.3 is 5.97 Å². The molecule has 2 fully saturated rings. The monoisotopic (exact) mass is 635 g/mol. The number of hydrogen-bond donors (Lipinski definition) is 1. The van der Waals surface area contributed by atoms with Crippen LogP contribution in [0.25, 0.3) is 12.2 Å². The Kier molecular flexibility index (Phi) is 8.82. The van der Waals surface area contributed by atoms with E-state index in [1.54, 1.807) is 6.07 Å². The molecule has 5 nitrogen and oxygen atoms in total. The Morgan fingerprint density at radius 1 is 1.14 bits per heavy atom. The molecule has 0 spiro atoms. The predicted molar refractivity (Wildman–Crippen MR) is 167 cm³/mol. The van der Waals surface area contributed by atoms with E-state index in [0.29, 0.717) is 24.5 Å². The highest BCUT2D eigenvalue weighted by Gasteiger charge is 2.41. The Morgan fingerprint density at radius 2 is 1.90 bits per heavy atom. The Labute approximate surface area is 256 Å². The fraction of sp³-hybridized carbons (Fsp3) is 0.457. The maximum absolute atomic E-state index is 14.1. The summed E-state index contributed by atoms with van der Waals surface area (Å²) in [6.45, 7) is 9.05. The Bertz CT molecular complexity index is 1470. The van der Waals surface area contributed by atoms with Gasteiger partial charge < -0.3 is 14.8 Å². The van der Waals surface area contributed by atoms with Gasteiger partial charge in [0.2, 0.25) is 12.3 Å². The van der Waals surface area contributed by atoms with Gasteiger partial charge in [0.1, 0.15) is 11.4 Å². The van der Waals surface area contributed by atoms with E-state index in [1.165, 1.54) is 6.92 Å². The van der Waals surface area contributed by atoms with Crippen molar-refractivity contribution in [2.24, 2.45) is 11.8 Å². The number of esters is 1. The quantitative estimate of drug-likeness (QED) is 0.234. The molecule has 2 aromatic rings. The summed E-state index contributed by atoms with van der Waals surface area (Å²) in [6, 6.07) is 11.6. The van der Waals surface area contributed by atoms with Gasteiger partial charge in [-0.05, 0) is 100 Å². The SMILES string of the molecule is Cc1ccc2c(c1)C=C1C(=C=C2)[C@@H](NC(=O)C2CC(CCC(=O)OC(C)(C)C)C2)CC1c1c(Br)cccc1OC(C)F. The molecule has 2 unspecified atom stereocenters. The molecular weight excluding hydrogens is 597 g/mol. The molecule has 3 atom stereocenters. The highest BCUT2D eigenvalue weighted by molar-refractivity contribution is 9.10. The van der Waals surface area contributed by atoms with Crippen LogP contribution in [-0.2, 0) is 14.3 Å². The topological polar surface area (TPSA) is 64.6 Å². The summed E-state index contributed by atoms with van der Waals surface area (Å²) in [7, 11) is 0. The van der Waals surface area contributed by atoms with Gasteiger partial charge in [0, 0.05) is 40.8 Å². The van der Waals surface area contributed by atoms with Crippen LogP contribution in [0.2, 0.25) is 0 Å². The zero-order valence-corrected chi connectivity index (χ0v) is 26.5. The van der Waals surface area contributed by atoms with E-state index >= 15 is 0 Å². The van der Waals surface area contributed by atoms with Crippen LogP contribution in [0.1, 0.15) is 88.0 Å². The van der Waals surface area contributed by atoms with E-state index < -0.39 is 12.0 Å². The van der Waals surface area contributed by atoms with Crippen molar-refractivity contribution in [1.82, 2.24) is 5.32 Å². The van der Waals surface area contributed by atoms with Gasteiger partial charge in [-0.25, -0.2) is 4.39 Å². The Morgan fingerprint density at radius 3 is 2.62 bits per heavy atom. The molecule has 0 radical (unpaired) electrons. The maximum Gasteiger partial charge on any atom is 0.306 e. The number of nitrogens with one attached hydrogen (secondary N) is 1. The second-order valence-electron chi connectivity index (χ2n) is 12.8. The lowest BCUT2D eigenvalue weighted by molar-refractivity contribution is -0.155. The largest absolute Gasteiger partial charge is 0.460 e. The van der Waals surface area contributed by atoms with Crippen molar-refractivity contribution in [2.75, 3.05) is 0 Å². The van der Waals surface area contributed by atoms with Crippen LogP contribution in [-0.4, -0.2) is 29.9 Å². The van der Waals surface area contributed by atoms with E-state index in [0.717, 1.165) is 57.1 Å². The molecule has 0 heterocycles. The van der Waals surface area contributed by atoms with Crippen molar-refractivity contribution in [2.45, 2.75) is 90.6 Å². The van der Waals surface area contributed by atoms with Crippen LogP contribution in [0.5, 0.6) is 5.75 Å². The summed E-state index contributed by atoms with van der Waals surface area (Å²) < 4.78 is 25.9. The third-order valence-corrected chi connectivity index (χ3v) is 8.88. The van der Waals surface area contributed by atoms with Gasteiger partial charge in [0.05, 0.1) is 6.04 Å². The molecule has 1 N–H and O–H groups in total. The summed E-state index contributed by atoms with van der Waals surface area (Å²) in [5.41, 5.74) is 9.19. The van der Waals surface area contributed by atoms with Crippen LogP contribution in [0.15, 0.2) is 57.7 Å². The highest BCUT2D eigenvalue weighted by atomic mass is 79.9. The number of benzene rings is 2. The molecule has 222 valence electrons. The minimum Gasteiger partial charge on any atom is -0.460 e. The normalized spacial score (nSPS) is 23.4. The van der Waals surface area contributed by atoms with Crippen LogP contribution in [0.4, 0.5) is 4.39 Å². The second kappa shape index (κ2) is 12.2. The molecule has 42 heavy (non-hydrogen) atoms. The molecule has 2 saturated carbocycles. The van der Waals surface area contributed by atoms with Crippen molar-refractivity contribution in [1.29, 1.82) is 0 Å². The number of ether oxygens (including phenoxy) is 2. The van der Waals surface area contributed by atoms with E-state index in [9.17, 15) is 14.0 Å². The Hall–Kier alpha value is -3.15. The first-order chi connectivity index (χ1) is 19.9. The predicted octanol–water partition coefficient (Wildman–Crippen LogP) is 8.21. The molecule has 0 aromatic heterocycles. The standard InChI is InChI=1S/C35H39BrFNO4/c1-20-9-11-23-12-13-26-27(18-24(23)15-20)28(33-29(36)7-6-8-31(33)41-21(2)37)19-30(26)38-34(40)25-16-22(17-25)10-14-32(39)42-35(3,4)5/h6-9,11-12,15,18,21-22,25,28,30H,10,14,16-17,19H2,1-5H3,(H,38,40)/t21?,22?,25?,28?,30-/m0/s1. The number of aryl methyl sites for hydroxylation is 1. The maximum atomic E-state index is 14.1. The zero-order valence-electron chi connectivity index (χ0n) is 24.9. The number of carbonyl (C=O) groups excluding carboxylic acids is 2. The Balaban J connectivity index is 1.36.